The summed E-state index contributed by atoms with van der Waals surface area (Å²) in [5.74, 6) is 1.37. The van der Waals surface area contributed by atoms with Crippen LogP contribution in [0.1, 0.15) is 73.3 Å². The van der Waals surface area contributed by atoms with E-state index in [1.54, 1.807) is 0 Å². The zero-order valence-corrected chi connectivity index (χ0v) is 13.8. The van der Waals surface area contributed by atoms with Crippen molar-refractivity contribution in [2.75, 3.05) is 0 Å². The molecule has 0 aliphatic heterocycles. The second kappa shape index (κ2) is 5.64. The molecule has 2 aromatic carbocycles. The van der Waals surface area contributed by atoms with E-state index < -0.39 is 0 Å². The van der Waals surface area contributed by atoms with E-state index in [1.807, 2.05) is 0 Å². The Labute approximate surface area is 133 Å². The number of benzene rings is 2. The van der Waals surface area contributed by atoms with Crippen LogP contribution in [0.2, 0.25) is 0 Å². The van der Waals surface area contributed by atoms with Crippen LogP contribution < -0.4 is 0 Å². The SMILES string of the molecule is CC(C)c1ccc(C2C=Cc3ccccc32)c(C(C)C)c1O. The van der Waals surface area contributed by atoms with Crippen LogP contribution in [0, 0.1) is 0 Å². The van der Waals surface area contributed by atoms with Gasteiger partial charge in [-0.2, -0.15) is 0 Å². The molecular formula is C21H24O. The molecule has 1 atom stereocenters. The van der Waals surface area contributed by atoms with Crippen molar-refractivity contribution in [3.05, 3.63) is 70.3 Å². The third-order valence-electron chi connectivity index (χ3n) is 4.62. The molecule has 0 spiro atoms. The highest BCUT2D eigenvalue weighted by atomic mass is 16.3. The van der Waals surface area contributed by atoms with Gasteiger partial charge in [-0.3, -0.25) is 0 Å². The van der Waals surface area contributed by atoms with E-state index >= 15 is 0 Å². The van der Waals surface area contributed by atoms with E-state index in [0.717, 1.165) is 11.1 Å². The van der Waals surface area contributed by atoms with Gasteiger partial charge in [-0.1, -0.05) is 76.2 Å². The zero-order chi connectivity index (χ0) is 15.9. The molecule has 1 nitrogen and oxygen atoms in total. The summed E-state index contributed by atoms with van der Waals surface area (Å²) in [7, 11) is 0. The average Bonchev–Trinajstić information content (AvgIpc) is 2.89. The number of phenolic OH excluding ortho intramolecular Hbond substituents is 1. The molecule has 0 radical (unpaired) electrons. The molecular weight excluding hydrogens is 268 g/mol. The summed E-state index contributed by atoms with van der Waals surface area (Å²) in [5, 5.41) is 10.8. The molecule has 0 heterocycles. The van der Waals surface area contributed by atoms with Gasteiger partial charge in [0.2, 0.25) is 0 Å². The lowest BCUT2D eigenvalue weighted by molar-refractivity contribution is 0.453. The van der Waals surface area contributed by atoms with E-state index in [1.165, 1.54) is 16.7 Å². The highest BCUT2D eigenvalue weighted by Crippen LogP contribution is 2.43. The van der Waals surface area contributed by atoms with Crippen molar-refractivity contribution in [2.45, 2.75) is 45.4 Å². The van der Waals surface area contributed by atoms with E-state index in [2.05, 4.69) is 76.2 Å². The maximum absolute atomic E-state index is 10.8. The molecule has 0 bridgehead atoms. The minimum absolute atomic E-state index is 0.251. The largest absolute Gasteiger partial charge is 0.507 e. The molecule has 0 amide bonds. The predicted octanol–water partition coefficient (Wildman–Crippen LogP) is 5.80. The van der Waals surface area contributed by atoms with Crippen LogP contribution >= 0.6 is 0 Å². The Morgan fingerprint density at radius 2 is 1.59 bits per heavy atom. The van der Waals surface area contributed by atoms with Gasteiger partial charge in [0.25, 0.3) is 0 Å². The van der Waals surface area contributed by atoms with Crippen LogP contribution in [0.25, 0.3) is 6.08 Å². The van der Waals surface area contributed by atoms with Crippen molar-refractivity contribution in [3.63, 3.8) is 0 Å². The van der Waals surface area contributed by atoms with Crippen molar-refractivity contribution in [1.29, 1.82) is 0 Å². The number of hydrogen-bond acceptors (Lipinski definition) is 1. The normalized spacial score (nSPS) is 16.5. The summed E-state index contributed by atoms with van der Waals surface area (Å²) in [6.07, 6.45) is 4.44. The smallest absolute Gasteiger partial charge is 0.122 e. The van der Waals surface area contributed by atoms with Crippen molar-refractivity contribution in [2.24, 2.45) is 0 Å². The molecule has 2 aromatic rings. The van der Waals surface area contributed by atoms with Crippen LogP contribution in [-0.2, 0) is 0 Å². The van der Waals surface area contributed by atoms with Gasteiger partial charge in [-0.05, 0) is 34.1 Å². The van der Waals surface area contributed by atoms with Gasteiger partial charge in [-0.25, -0.2) is 0 Å². The Morgan fingerprint density at radius 3 is 2.27 bits per heavy atom. The summed E-state index contributed by atoms with van der Waals surface area (Å²) in [6.45, 7) is 8.58. The number of allylic oxidation sites excluding steroid dienone is 1. The Kier molecular flexibility index (Phi) is 3.82. The maximum Gasteiger partial charge on any atom is 0.122 e. The summed E-state index contributed by atoms with van der Waals surface area (Å²) in [5.41, 5.74) is 5.99. The van der Waals surface area contributed by atoms with Crippen LogP contribution in [0.3, 0.4) is 0 Å². The zero-order valence-electron chi connectivity index (χ0n) is 13.8. The second-order valence-electron chi connectivity index (χ2n) is 6.78. The highest BCUT2D eigenvalue weighted by Gasteiger charge is 2.25. The number of fused-ring (bicyclic) bond motifs is 1. The standard InChI is InChI=1S/C21H24O/c1-13(2)16-11-12-19(20(14(3)4)21(16)22)18-10-9-15-7-5-6-8-17(15)18/h5-14,18,22H,1-4H3. The fourth-order valence-electron chi connectivity index (χ4n) is 3.51. The molecule has 0 saturated carbocycles. The lowest BCUT2D eigenvalue weighted by Crippen LogP contribution is -2.05. The van der Waals surface area contributed by atoms with Crippen LogP contribution in [0.15, 0.2) is 42.5 Å². The first kappa shape index (κ1) is 14.9. The lowest BCUT2D eigenvalue weighted by atomic mass is 9.83. The molecule has 1 N–H and O–H groups in total. The minimum atomic E-state index is 0.251. The number of phenols is 1. The van der Waals surface area contributed by atoms with E-state index in [-0.39, 0.29) is 5.92 Å². The quantitative estimate of drug-likeness (QED) is 0.758. The number of hydrogen-bond donors (Lipinski definition) is 1. The summed E-state index contributed by atoms with van der Waals surface area (Å²) in [4.78, 5) is 0. The van der Waals surface area contributed by atoms with E-state index in [4.69, 9.17) is 0 Å². The van der Waals surface area contributed by atoms with Crippen LogP contribution in [0.5, 0.6) is 5.75 Å². The first-order valence-electron chi connectivity index (χ1n) is 8.13. The van der Waals surface area contributed by atoms with Gasteiger partial charge in [0.15, 0.2) is 0 Å². The van der Waals surface area contributed by atoms with Crippen molar-refractivity contribution < 1.29 is 5.11 Å². The summed E-state index contributed by atoms with van der Waals surface area (Å²) >= 11 is 0. The van der Waals surface area contributed by atoms with Gasteiger partial charge in [0.05, 0.1) is 0 Å². The van der Waals surface area contributed by atoms with Crippen LogP contribution in [-0.4, -0.2) is 5.11 Å². The molecule has 1 unspecified atom stereocenters. The van der Waals surface area contributed by atoms with Gasteiger partial charge >= 0.3 is 0 Å². The summed E-state index contributed by atoms with van der Waals surface area (Å²) in [6, 6.07) is 12.8. The average molecular weight is 292 g/mol. The third kappa shape index (κ3) is 2.35. The maximum atomic E-state index is 10.8. The molecule has 114 valence electrons. The molecule has 0 aromatic heterocycles. The monoisotopic (exact) mass is 292 g/mol. The summed E-state index contributed by atoms with van der Waals surface area (Å²) < 4.78 is 0. The van der Waals surface area contributed by atoms with Gasteiger partial charge < -0.3 is 5.11 Å². The highest BCUT2D eigenvalue weighted by molar-refractivity contribution is 5.67. The molecule has 3 rings (SSSR count). The van der Waals surface area contributed by atoms with Crippen molar-refractivity contribution >= 4 is 6.08 Å². The topological polar surface area (TPSA) is 20.2 Å². The van der Waals surface area contributed by atoms with Gasteiger partial charge in [0.1, 0.15) is 5.75 Å². The Morgan fingerprint density at radius 1 is 0.864 bits per heavy atom. The van der Waals surface area contributed by atoms with E-state index in [0.29, 0.717) is 17.6 Å². The molecule has 22 heavy (non-hydrogen) atoms. The minimum Gasteiger partial charge on any atom is -0.507 e. The molecule has 0 saturated heterocycles. The Balaban J connectivity index is 2.17. The first-order valence-corrected chi connectivity index (χ1v) is 8.13. The lowest BCUT2D eigenvalue weighted by Gasteiger charge is -2.23. The molecule has 1 heteroatoms. The third-order valence-corrected chi connectivity index (χ3v) is 4.62. The second-order valence-corrected chi connectivity index (χ2v) is 6.78. The van der Waals surface area contributed by atoms with Gasteiger partial charge in [-0.15, -0.1) is 0 Å². The Hall–Kier alpha value is -2.02. The number of rotatable bonds is 3. The predicted molar refractivity (Wildman–Crippen MR) is 93.6 cm³/mol. The van der Waals surface area contributed by atoms with Crippen molar-refractivity contribution in [3.8, 4) is 5.75 Å². The number of aromatic hydroxyl groups is 1. The van der Waals surface area contributed by atoms with Crippen LogP contribution in [0.4, 0.5) is 0 Å². The van der Waals surface area contributed by atoms with Gasteiger partial charge in [0, 0.05) is 11.5 Å². The van der Waals surface area contributed by atoms with Crippen molar-refractivity contribution in [1.82, 2.24) is 0 Å². The Bertz CT molecular complexity index is 723. The van der Waals surface area contributed by atoms with E-state index in [9.17, 15) is 5.11 Å². The fourth-order valence-corrected chi connectivity index (χ4v) is 3.51. The molecule has 1 aliphatic carbocycles. The molecule has 1 aliphatic rings. The molecule has 0 fully saturated rings. The fraction of sp³-hybridized carbons (Fsp3) is 0.333. The first-order chi connectivity index (χ1) is 10.5.